The Morgan fingerprint density at radius 2 is 1.50 bits per heavy atom. The van der Waals surface area contributed by atoms with Gasteiger partial charge in [-0.15, -0.1) is 0 Å². The van der Waals surface area contributed by atoms with Gasteiger partial charge in [0.2, 0.25) is 0 Å². The van der Waals surface area contributed by atoms with Crippen LogP contribution in [-0.2, 0) is 19.2 Å². The third-order valence-electron chi connectivity index (χ3n) is 1.57. The molecule has 4 nitrogen and oxygen atoms in total. The molecule has 0 N–H and O–H groups in total. The summed E-state index contributed by atoms with van der Waals surface area (Å²) in [6.45, 7) is 5.72. The normalized spacial score (nSPS) is 9.29. The molecule has 0 rings (SSSR count). The summed E-state index contributed by atoms with van der Waals surface area (Å²) in [6.07, 6.45) is -0.686. The van der Waals surface area contributed by atoms with E-state index in [0.717, 1.165) is 0 Å². The lowest BCUT2D eigenvalue weighted by molar-refractivity contribution is -0.128. The van der Waals surface area contributed by atoms with Crippen LogP contribution in [0, 0.1) is 0 Å². The van der Waals surface area contributed by atoms with E-state index >= 15 is 0 Å². The highest BCUT2D eigenvalue weighted by molar-refractivity contribution is 6.23. The first-order valence-electron chi connectivity index (χ1n) is 4.08. The molecule has 0 aromatic heterocycles. The maximum absolute atomic E-state index is 11.1. The van der Waals surface area contributed by atoms with Gasteiger partial charge in [0, 0.05) is 0 Å². The average molecular weight is 196 g/mol. The lowest BCUT2D eigenvalue weighted by Crippen LogP contribution is -2.15. The van der Waals surface area contributed by atoms with Gasteiger partial charge in [0.1, 0.15) is 11.6 Å². The van der Waals surface area contributed by atoms with Crippen molar-refractivity contribution in [2.75, 3.05) is 0 Å². The molecule has 0 aromatic rings. The number of Topliss-reactive ketones (excluding diaryl/α,β-unsaturated/α-hetero) is 4. The first-order valence-corrected chi connectivity index (χ1v) is 4.08. The molecular formula is C10H12O4. The van der Waals surface area contributed by atoms with E-state index in [9.17, 15) is 19.2 Å². The van der Waals surface area contributed by atoms with Crippen LogP contribution < -0.4 is 0 Å². The molecule has 0 saturated carbocycles. The van der Waals surface area contributed by atoms with Gasteiger partial charge in [-0.05, 0) is 13.8 Å². The number of allylic oxidation sites excluding steroid dienone is 1. The first-order chi connectivity index (χ1) is 6.34. The molecule has 0 radical (unpaired) electrons. The van der Waals surface area contributed by atoms with E-state index in [-0.39, 0.29) is 17.8 Å². The minimum Gasteiger partial charge on any atom is -0.300 e. The maximum Gasteiger partial charge on any atom is 0.173 e. The van der Waals surface area contributed by atoms with Crippen LogP contribution in [-0.4, -0.2) is 23.1 Å². The van der Waals surface area contributed by atoms with Gasteiger partial charge in [0.05, 0.1) is 18.4 Å². The van der Waals surface area contributed by atoms with Crippen LogP contribution >= 0.6 is 0 Å². The molecule has 0 heterocycles. The number of carbonyl (C=O) groups excluding carboxylic acids is 4. The number of ketones is 4. The molecule has 0 aliphatic rings. The fourth-order valence-electron chi connectivity index (χ4n) is 0.822. The Hall–Kier alpha value is -1.58. The highest BCUT2D eigenvalue weighted by Gasteiger charge is 2.16. The summed E-state index contributed by atoms with van der Waals surface area (Å²) < 4.78 is 0. The third-order valence-corrected chi connectivity index (χ3v) is 1.57. The Labute approximate surface area is 82.0 Å². The van der Waals surface area contributed by atoms with Crippen molar-refractivity contribution in [2.45, 2.75) is 26.7 Å². The third kappa shape index (κ3) is 4.45. The quantitative estimate of drug-likeness (QED) is 0.355. The summed E-state index contributed by atoms with van der Waals surface area (Å²) in [5, 5.41) is 0. The zero-order valence-electron chi connectivity index (χ0n) is 8.25. The standard InChI is InChI=1S/C10H12O4/c1-6(11)4-9(13)5-10(14)7(2)8(3)12/h2,4-5H2,1,3H3. The molecule has 14 heavy (non-hydrogen) atoms. The van der Waals surface area contributed by atoms with E-state index in [1.54, 1.807) is 0 Å². The Morgan fingerprint density at radius 3 is 1.86 bits per heavy atom. The lowest BCUT2D eigenvalue weighted by atomic mass is 10.0. The van der Waals surface area contributed by atoms with Gasteiger partial charge in [-0.25, -0.2) is 0 Å². The van der Waals surface area contributed by atoms with Crippen molar-refractivity contribution in [3.63, 3.8) is 0 Å². The van der Waals surface area contributed by atoms with Crippen molar-refractivity contribution in [2.24, 2.45) is 0 Å². The fourth-order valence-corrected chi connectivity index (χ4v) is 0.822. The summed E-state index contributed by atoms with van der Waals surface area (Å²) >= 11 is 0. The van der Waals surface area contributed by atoms with Crippen molar-refractivity contribution < 1.29 is 19.2 Å². The number of rotatable bonds is 6. The minimum absolute atomic E-state index is 0.193. The summed E-state index contributed by atoms with van der Waals surface area (Å²) in [6, 6.07) is 0. The predicted molar refractivity (Wildman–Crippen MR) is 49.8 cm³/mol. The van der Waals surface area contributed by atoms with E-state index < -0.39 is 23.8 Å². The Balaban J connectivity index is 4.20. The van der Waals surface area contributed by atoms with Crippen LogP contribution in [0.2, 0.25) is 0 Å². The Kier molecular flexibility index (Phi) is 4.63. The minimum atomic E-state index is -0.608. The van der Waals surface area contributed by atoms with E-state index in [1.165, 1.54) is 13.8 Å². The molecule has 0 amide bonds. The summed E-state index contributed by atoms with van der Waals surface area (Å²) in [5.41, 5.74) is -0.193. The number of carbonyl (C=O) groups is 4. The van der Waals surface area contributed by atoms with Crippen LogP contribution in [0.25, 0.3) is 0 Å². The second kappa shape index (κ2) is 5.21. The molecule has 0 fully saturated rings. The van der Waals surface area contributed by atoms with Crippen molar-refractivity contribution in [1.82, 2.24) is 0 Å². The van der Waals surface area contributed by atoms with Gasteiger partial charge in [-0.3, -0.25) is 19.2 Å². The van der Waals surface area contributed by atoms with Crippen LogP contribution in [0.3, 0.4) is 0 Å². The molecule has 0 unspecified atom stereocenters. The van der Waals surface area contributed by atoms with Gasteiger partial charge in [-0.1, -0.05) is 6.58 Å². The molecule has 76 valence electrons. The predicted octanol–water partition coefficient (Wildman–Crippen LogP) is 0.639. The highest BCUT2D eigenvalue weighted by atomic mass is 16.2. The molecule has 0 aliphatic heterocycles. The summed E-state index contributed by atoms with van der Waals surface area (Å²) in [7, 11) is 0. The molecule has 0 atom stereocenters. The van der Waals surface area contributed by atoms with E-state index in [2.05, 4.69) is 6.58 Å². The second-order valence-corrected chi connectivity index (χ2v) is 3.05. The van der Waals surface area contributed by atoms with Crippen molar-refractivity contribution >= 4 is 23.1 Å². The molecule has 0 saturated heterocycles. The molecule has 0 spiro atoms. The first kappa shape index (κ1) is 12.4. The van der Waals surface area contributed by atoms with E-state index in [1.807, 2.05) is 0 Å². The van der Waals surface area contributed by atoms with Crippen LogP contribution in [0.4, 0.5) is 0 Å². The number of hydrogen-bond acceptors (Lipinski definition) is 4. The zero-order chi connectivity index (χ0) is 11.3. The van der Waals surface area contributed by atoms with Gasteiger partial charge in [0.15, 0.2) is 11.6 Å². The fraction of sp³-hybridized carbons (Fsp3) is 0.400. The van der Waals surface area contributed by atoms with Crippen LogP contribution in [0.15, 0.2) is 12.2 Å². The smallest absolute Gasteiger partial charge is 0.173 e. The number of hydrogen-bond donors (Lipinski definition) is 0. The van der Waals surface area contributed by atoms with Crippen molar-refractivity contribution in [1.29, 1.82) is 0 Å². The molecule has 0 aromatic carbocycles. The van der Waals surface area contributed by atoms with Crippen molar-refractivity contribution in [3.8, 4) is 0 Å². The van der Waals surface area contributed by atoms with E-state index in [4.69, 9.17) is 0 Å². The van der Waals surface area contributed by atoms with Crippen LogP contribution in [0.1, 0.15) is 26.7 Å². The van der Waals surface area contributed by atoms with Crippen LogP contribution in [0.5, 0.6) is 0 Å². The Bertz CT molecular complexity index is 312. The summed E-state index contributed by atoms with van der Waals surface area (Å²) in [5.74, 6) is -1.84. The topological polar surface area (TPSA) is 68.3 Å². The largest absolute Gasteiger partial charge is 0.300 e. The summed E-state index contributed by atoms with van der Waals surface area (Å²) in [4.78, 5) is 43.3. The highest BCUT2D eigenvalue weighted by Crippen LogP contribution is 2.01. The monoisotopic (exact) mass is 196 g/mol. The molecule has 4 heteroatoms. The Morgan fingerprint density at radius 1 is 1.00 bits per heavy atom. The van der Waals surface area contributed by atoms with Crippen molar-refractivity contribution in [3.05, 3.63) is 12.2 Å². The molecule has 0 bridgehead atoms. The average Bonchev–Trinajstić information content (AvgIpc) is 2.00. The maximum atomic E-state index is 11.1. The van der Waals surface area contributed by atoms with E-state index in [0.29, 0.717) is 0 Å². The molecular weight excluding hydrogens is 184 g/mol. The van der Waals surface area contributed by atoms with Gasteiger partial charge < -0.3 is 0 Å². The SMILES string of the molecule is C=C(C(C)=O)C(=O)CC(=O)CC(C)=O. The zero-order valence-corrected chi connectivity index (χ0v) is 8.25. The lowest BCUT2D eigenvalue weighted by Gasteiger charge is -1.98. The second-order valence-electron chi connectivity index (χ2n) is 3.05. The van der Waals surface area contributed by atoms with Gasteiger partial charge in [0.25, 0.3) is 0 Å². The molecule has 0 aliphatic carbocycles. The van der Waals surface area contributed by atoms with Gasteiger partial charge in [-0.2, -0.15) is 0 Å². The van der Waals surface area contributed by atoms with Gasteiger partial charge >= 0.3 is 0 Å².